The third-order valence-corrected chi connectivity index (χ3v) is 4.16. The molecule has 1 heterocycles. The lowest BCUT2D eigenvalue weighted by atomic mass is 9.85. The molecule has 1 aromatic heterocycles. The van der Waals surface area contributed by atoms with Crippen molar-refractivity contribution in [3.05, 3.63) is 34.5 Å². The van der Waals surface area contributed by atoms with Crippen molar-refractivity contribution >= 4 is 21.4 Å². The van der Waals surface area contributed by atoms with E-state index in [0.717, 1.165) is 17.8 Å². The molecule has 0 spiro atoms. The van der Waals surface area contributed by atoms with Crippen LogP contribution in [0.4, 0.5) is 4.39 Å². The van der Waals surface area contributed by atoms with Crippen LogP contribution in [0.3, 0.4) is 0 Å². The number of fused-ring (bicyclic) bond motifs is 1. The molecule has 0 aliphatic carbocycles. The van der Waals surface area contributed by atoms with Gasteiger partial charge in [0.2, 0.25) is 0 Å². The predicted octanol–water partition coefficient (Wildman–Crippen LogP) is 4.45. The van der Waals surface area contributed by atoms with E-state index < -0.39 is 0 Å². The van der Waals surface area contributed by atoms with Crippen molar-refractivity contribution in [2.24, 2.45) is 0 Å². The minimum atomic E-state index is -0.154. The summed E-state index contributed by atoms with van der Waals surface area (Å²) in [6.07, 6.45) is 0. The van der Waals surface area contributed by atoms with Gasteiger partial charge in [-0.1, -0.05) is 33.8 Å². The van der Waals surface area contributed by atoms with Gasteiger partial charge in [-0.3, -0.25) is 0 Å². The molecule has 0 unspecified atom stereocenters. The van der Waals surface area contributed by atoms with Crippen LogP contribution in [-0.2, 0) is 12.0 Å². The maximum Gasteiger partial charge on any atom is 0.124 e. The summed E-state index contributed by atoms with van der Waals surface area (Å²) in [4.78, 5) is 1.32. The molecule has 0 aliphatic rings. The minimum absolute atomic E-state index is 0.0842. The first-order valence-electron chi connectivity index (χ1n) is 6.35. The molecule has 2 aromatic rings. The summed E-state index contributed by atoms with van der Waals surface area (Å²) in [7, 11) is 0. The normalized spacial score (nSPS) is 12.3. The Balaban J connectivity index is 2.61. The topological polar surface area (TPSA) is 12.0 Å². The lowest BCUT2D eigenvalue weighted by molar-refractivity contribution is 0.585. The summed E-state index contributed by atoms with van der Waals surface area (Å²) in [5.41, 5.74) is 1.43. The highest BCUT2D eigenvalue weighted by atomic mass is 32.1. The molecule has 0 fully saturated rings. The van der Waals surface area contributed by atoms with Gasteiger partial charge < -0.3 is 5.32 Å². The highest BCUT2D eigenvalue weighted by molar-refractivity contribution is 7.19. The van der Waals surface area contributed by atoms with Gasteiger partial charge in [0.05, 0.1) is 0 Å². The van der Waals surface area contributed by atoms with Crippen molar-refractivity contribution in [3.63, 3.8) is 0 Å². The first-order valence-corrected chi connectivity index (χ1v) is 7.17. The highest BCUT2D eigenvalue weighted by Crippen LogP contribution is 2.39. The van der Waals surface area contributed by atoms with Crippen molar-refractivity contribution in [2.45, 2.75) is 39.7 Å². The van der Waals surface area contributed by atoms with Gasteiger partial charge in [-0.05, 0) is 35.0 Å². The third kappa shape index (κ3) is 2.57. The summed E-state index contributed by atoms with van der Waals surface area (Å²) in [6, 6.07) is 5.11. The van der Waals surface area contributed by atoms with E-state index in [-0.39, 0.29) is 11.2 Å². The largest absolute Gasteiger partial charge is 0.312 e. The molecule has 1 nitrogen and oxygen atoms in total. The fraction of sp³-hybridized carbons (Fsp3) is 0.467. The van der Waals surface area contributed by atoms with E-state index in [2.05, 4.69) is 33.0 Å². The van der Waals surface area contributed by atoms with Crippen LogP contribution < -0.4 is 5.32 Å². The van der Waals surface area contributed by atoms with E-state index in [1.54, 1.807) is 23.5 Å². The maximum absolute atomic E-state index is 13.3. The number of hydrogen-bond acceptors (Lipinski definition) is 2. The number of hydrogen-bond donors (Lipinski definition) is 1. The second-order valence-electron chi connectivity index (χ2n) is 5.57. The average Bonchev–Trinajstić information content (AvgIpc) is 2.63. The number of nitrogens with one attached hydrogen (secondary N) is 1. The Morgan fingerprint density at radius 2 is 2.00 bits per heavy atom. The molecule has 18 heavy (non-hydrogen) atoms. The molecule has 0 amide bonds. The number of rotatable bonds is 3. The van der Waals surface area contributed by atoms with Crippen LogP contribution in [0.25, 0.3) is 10.1 Å². The smallest absolute Gasteiger partial charge is 0.124 e. The Hall–Kier alpha value is -0.930. The van der Waals surface area contributed by atoms with Crippen LogP contribution in [-0.4, -0.2) is 6.54 Å². The summed E-state index contributed by atoms with van der Waals surface area (Å²) in [5, 5.41) is 4.57. The zero-order chi connectivity index (χ0) is 13.3. The van der Waals surface area contributed by atoms with Gasteiger partial charge in [0.1, 0.15) is 5.82 Å². The zero-order valence-corrected chi connectivity index (χ0v) is 12.2. The molecule has 2 rings (SSSR count). The third-order valence-electron chi connectivity index (χ3n) is 3.01. The van der Waals surface area contributed by atoms with Crippen LogP contribution >= 0.6 is 11.3 Å². The van der Waals surface area contributed by atoms with E-state index in [1.807, 2.05) is 6.07 Å². The molecule has 0 saturated heterocycles. The average molecular weight is 265 g/mol. The Labute approximate surface area is 112 Å². The standard InChI is InChI=1S/C15H20FNS/c1-5-17-9-13-14(15(2,3)4)11-7-6-10(16)8-12(11)18-13/h6-8,17H,5,9H2,1-4H3. The molecule has 0 bridgehead atoms. The molecule has 0 atom stereocenters. The van der Waals surface area contributed by atoms with Gasteiger partial charge in [-0.15, -0.1) is 11.3 Å². The summed E-state index contributed by atoms with van der Waals surface area (Å²) < 4.78 is 14.4. The van der Waals surface area contributed by atoms with E-state index in [4.69, 9.17) is 0 Å². The molecular weight excluding hydrogens is 245 g/mol. The molecule has 98 valence electrons. The van der Waals surface area contributed by atoms with Gasteiger partial charge in [-0.2, -0.15) is 0 Å². The zero-order valence-electron chi connectivity index (χ0n) is 11.4. The Morgan fingerprint density at radius 1 is 1.28 bits per heavy atom. The summed E-state index contributed by atoms with van der Waals surface area (Å²) in [6.45, 7) is 10.6. The van der Waals surface area contributed by atoms with E-state index in [1.165, 1.54) is 15.8 Å². The number of halogens is 1. The van der Waals surface area contributed by atoms with Crippen molar-refractivity contribution in [1.82, 2.24) is 5.32 Å². The highest BCUT2D eigenvalue weighted by Gasteiger charge is 2.23. The molecule has 1 aromatic carbocycles. The Morgan fingerprint density at radius 3 is 2.61 bits per heavy atom. The quantitative estimate of drug-likeness (QED) is 0.864. The Kier molecular flexibility index (Phi) is 3.74. The van der Waals surface area contributed by atoms with Crippen LogP contribution in [0.15, 0.2) is 18.2 Å². The summed E-state index contributed by atoms with van der Waals surface area (Å²) in [5.74, 6) is -0.154. The van der Waals surface area contributed by atoms with Crippen LogP contribution in [0.5, 0.6) is 0 Å². The molecule has 1 N–H and O–H groups in total. The Bertz CT molecular complexity index is 551. The maximum atomic E-state index is 13.3. The van der Waals surface area contributed by atoms with Crippen molar-refractivity contribution in [2.75, 3.05) is 6.54 Å². The van der Waals surface area contributed by atoms with Crippen molar-refractivity contribution in [1.29, 1.82) is 0 Å². The molecular formula is C15H20FNS. The fourth-order valence-electron chi connectivity index (χ4n) is 2.31. The fourth-order valence-corrected chi connectivity index (χ4v) is 3.72. The number of benzene rings is 1. The molecule has 0 aliphatic heterocycles. The van der Waals surface area contributed by atoms with Crippen molar-refractivity contribution in [3.8, 4) is 0 Å². The SMILES string of the molecule is CCNCc1sc2cc(F)ccc2c1C(C)(C)C. The van der Waals surface area contributed by atoms with Gasteiger partial charge in [0.15, 0.2) is 0 Å². The second-order valence-corrected chi connectivity index (χ2v) is 6.71. The lowest BCUT2D eigenvalue weighted by Crippen LogP contribution is -2.17. The second kappa shape index (κ2) is 4.98. The molecule has 0 saturated carbocycles. The molecule has 3 heteroatoms. The van der Waals surface area contributed by atoms with E-state index >= 15 is 0 Å². The van der Waals surface area contributed by atoms with Crippen LogP contribution in [0, 0.1) is 5.82 Å². The first-order chi connectivity index (χ1) is 8.43. The van der Waals surface area contributed by atoms with Gasteiger partial charge in [-0.25, -0.2) is 4.39 Å². The summed E-state index contributed by atoms with van der Waals surface area (Å²) >= 11 is 1.70. The van der Waals surface area contributed by atoms with Gasteiger partial charge >= 0.3 is 0 Å². The lowest BCUT2D eigenvalue weighted by Gasteiger charge is -2.20. The number of thiophene rings is 1. The van der Waals surface area contributed by atoms with Gasteiger partial charge in [0, 0.05) is 16.1 Å². The van der Waals surface area contributed by atoms with Crippen LogP contribution in [0.2, 0.25) is 0 Å². The minimum Gasteiger partial charge on any atom is -0.312 e. The van der Waals surface area contributed by atoms with Crippen molar-refractivity contribution < 1.29 is 4.39 Å². The van der Waals surface area contributed by atoms with Gasteiger partial charge in [0.25, 0.3) is 0 Å². The monoisotopic (exact) mass is 265 g/mol. The first kappa shape index (κ1) is 13.5. The molecule has 0 radical (unpaired) electrons. The van der Waals surface area contributed by atoms with E-state index in [9.17, 15) is 4.39 Å². The predicted molar refractivity (Wildman–Crippen MR) is 77.9 cm³/mol. The van der Waals surface area contributed by atoms with E-state index in [0.29, 0.717) is 0 Å². The van der Waals surface area contributed by atoms with Crippen LogP contribution in [0.1, 0.15) is 38.1 Å².